The molecule has 4 nitrogen and oxygen atoms in total. The van der Waals surface area contributed by atoms with Gasteiger partial charge in [-0.05, 0) is 18.6 Å². The molecule has 1 aromatic rings. The van der Waals surface area contributed by atoms with Crippen molar-refractivity contribution in [1.29, 1.82) is 0 Å². The summed E-state index contributed by atoms with van der Waals surface area (Å²) in [7, 11) is 1.48. The molecule has 1 rings (SSSR count). The molecular formula is C12H14O4. The number of hydrogen-bond donors (Lipinski definition) is 2. The van der Waals surface area contributed by atoms with Crippen LogP contribution in [0.15, 0.2) is 29.8 Å². The van der Waals surface area contributed by atoms with E-state index in [4.69, 9.17) is 9.84 Å². The minimum atomic E-state index is -1.02. The van der Waals surface area contributed by atoms with Crippen molar-refractivity contribution in [3.8, 4) is 5.75 Å². The minimum absolute atomic E-state index is 0.0511. The van der Waals surface area contributed by atoms with E-state index in [0.717, 1.165) is 0 Å². The number of aromatic hydroxyl groups is 1. The van der Waals surface area contributed by atoms with Crippen LogP contribution in [0, 0.1) is 0 Å². The fourth-order valence-corrected chi connectivity index (χ4v) is 1.39. The SMILES string of the molecule is COC/C(=C(\C)C(=O)O)c1ccccc1O. The largest absolute Gasteiger partial charge is 0.507 e. The van der Waals surface area contributed by atoms with E-state index in [2.05, 4.69) is 0 Å². The Bertz CT molecular complexity index is 421. The highest BCUT2D eigenvalue weighted by Gasteiger charge is 2.14. The predicted molar refractivity (Wildman–Crippen MR) is 60.2 cm³/mol. The molecule has 0 aliphatic rings. The maximum atomic E-state index is 10.9. The second-order valence-corrected chi connectivity index (χ2v) is 3.36. The fraction of sp³-hybridized carbons (Fsp3) is 0.250. The summed E-state index contributed by atoms with van der Waals surface area (Å²) in [4.78, 5) is 10.9. The average Bonchev–Trinajstić information content (AvgIpc) is 2.26. The molecule has 0 fully saturated rings. The summed E-state index contributed by atoms with van der Waals surface area (Å²) in [6, 6.07) is 6.59. The third-order valence-electron chi connectivity index (χ3n) is 2.29. The third kappa shape index (κ3) is 2.61. The lowest BCUT2D eigenvalue weighted by atomic mass is 10.0. The standard InChI is InChI=1S/C12H14O4/c1-8(12(14)15)10(7-16-2)9-5-3-4-6-11(9)13/h3-6,13H,7H2,1-2H3,(H,14,15)/b10-8-. The van der Waals surface area contributed by atoms with Crippen LogP contribution in [0.5, 0.6) is 5.75 Å². The van der Waals surface area contributed by atoms with E-state index in [9.17, 15) is 9.90 Å². The number of carboxylic acid groups (broad SMARTS) is 1. The highest BCUT2D eigenvalue weighted by molar-refractivity contribution is 5.96. The van der Waals surface area contributed by atoms with Gasteiger partial charge in [-0.15, -0.1) is 0 Å². The highest BCUT2D eigenvalue weighted by atomic mass is 16.5. The van der Waals surface area contributed by atoms with Gasteiger partial charge >= 0.3 is 5.97 Å². The number of methoxy groups -OCH3 is 1. The van der Waals surface area contributed by atoms with E-state index in [0.29, 0.717) is 11.1 Å². The lowest BCUT2D eigenvalue weighted by molar-refractivity contribution is -0.132. The van der Waals surface area contributed by atoms with E-state index in [1.165, 1.54) is 20.1 Å². The highest BCUT2D eigenvalue weighted by Crippen LogP contribution is 2.27. The van der Waals surface area contributed by atoms with Gasteiger partial charge in [0.15, 0.2) is 0 Å². The molecule has 4 heteroatoms. The van der Waals surface area contributed by atoms with Gasteiger partial charge in [0.2, 0.25) is 0 Å². The summed E-state index contributed by atoms with van der Waals surface area (Å²) >= 11 is 0. The Morgan fingerprint density at radius 2 is 2.00 bits per heavy atom. The molecule has 0 saturated carbocycles. The normalized spacial score (nSPS) is 12.1. The summed E-state index contributed by atoms with van der Waals surface area (Å²) in [5, 5.41) is 18.6. The van der Waals surface area contributed by atoms with Gasteiger partial charge in [0.1, 0.15) is 5.75 Å². The summed E-state index contributed by atoms with van der Waals surface area (Å²) in [6.07, 6.45) is 0. The zero-order valence-corrected chi connectivity index (χ0v) is 9.23. The zero-order valence-electron chi connectivity index (χ0n) is 9.23. The van der Waals surface area contributed by atoms with E-state index >= 15 is 0 Å². The number of rotatable bonds is 4. The molecule has 0 saturated heterocycles. The van der Waals surface area contributed by atoms with Crippen molar-refractivity contribution in [3.05, 3.63) is 35.4 Å². The van der Waals surface area contributed by atoms with E-state index in [1.54, 1.807) is 18.2 Å². The van der Waals surface area contributed by atoms with E-state index in [1.807, 2.05) is 0 Å². The van der Waals surface area contributed by atoms with Crippen molar-refractivity contribution in [1.82, 2.24) is 0 Å². The number of benzene rings is 1. The molecule has 0 atom stereocenters. The second-order valence-electron chi connectivity index (χ2n) is 3.36. The summed E-state index contributed by atoms with van der Waals surface area (Å²) < 4.78 is 4.95. The lowest BCUT2D eigenvalue weighted by Crippen LogP contribution is -2.05. The van der Waals surface area contributed by atoms with Crippen LogP contribution < -0.4 is 0 Å². The Labute approximate surface area is 93.8 Å². The number of carbonyl (C=O) groups is 1. The number of phenolic OH excluding ortho intramolecular Hbond substituents is 1. The fourth-order valence-electron chi connectivity index (χ4n) is 1.39. The van der Waals surface area contributed by atoms with Gasteiger partial charge in [-0.25, -0.2) is 4.79 Å². The Balaban J connectivity index is 3.28. The van der Waals surface area contributed by atoms with E-state index < -0.39 is 5.97 Å². The van der Waals surface area contributed by atoms with Crippen LogP contribution in [-0.4, -0.2) is 29.9 Å². The number of carboxylic acids is 1. The lowest BCUT2D eigenvalue weighted by Gasteiger charge is -2.10. The first-order chi connectivity index (χ1) is 7.57. The van der Waals surface area contributed by atoms with Gasteiger partial charge < -0.3 is 14.9 Å². The van der Waals surface area contributed by atoms with Crippen molar-refractivity contribution >= 4 is 11.5 Å². The topological polar surface area (TPSA) is 66.8 Å². The number of phenols is 1. The van der Waals surface area contributed by atoms with Crippen LogP contribution in [0.3, 0.4) is 0 Å². The van der Waals surface area contributed by atoms with Gasteiger partial charge in [-0.3, -0.25) is 0 Å². The first kappa shape index (κ1) is 12.3. The van der Waals surface area contributed by atoms with Gasteiger partial charge in [0, 0.05) is 18.2 Å². The van der Waals surface area contributed by atoms with E-state index in [-0.39, 0.29) is 17.9 Å². The second kappa shape index (κ2) is 5.32. The van der Waals surface area contributed by atoms with Crippen molar-refractivity contribution < 1.29 is 19.7 Å². The van der Waals surface area contributed by atoms with Crippen LogP contribution in [0.25, 0.3) is 5.57 Å². The van der Waals surface area contributed by atoms with Crippen LogP contribution in [0.1, 0.15) is 12.5 Å². The molecule has 0 amide bonds. The molecular weight excluding hydrogens is 208 g/mol. The maximum absolute atomic E-state index is 10.9. The van der Waals surface area contributed by atoms with Gasteiger partial charge in [0.05, 0.1) is 6.61 Å². The van der Waals surface area contributed by atoms with Gasteiger partial charge in [-0.1, -0.05) is 18.2 Å². The summed E-state index contributed by atoms with van der Waals surface area (Å²) in [6.45, 7) is 1.64. The first-order valence-corrected chi connectivity index (χ1v) is 4.78. The molecule has 0 aliphatic heterocycles. The molecule has 2 N–H and O–H groups in total. The molecule has 0 bridgehead atoms. The smallest absolute Gasteiger partial charge is 0.331 e. The third-order valence-corrected chi connectivity index (χ3v) is 2.29. The molecule has 86 valence electrons. The van der Waals surface area contributed by atoms with Crippen molar-refractivity contribution in [2.75, 3.05) is 13.7 Å². The Morgan fingerprint density at radius 3 is 2.50 bits per heavy atom. The molecule has 1 aromatic carbocycles. The molecule has 0 heterocycles. The molecule has 0 unspecified atom stereocenters. The number of hydrogen-bond acceptors (Lipinski definition) is 3. The summed E-state index contributed by atoms with van der Waals surface area (Å²) in [5.74, 6) is -0.967. The van der Waals surface area contributed by atoms with Crippen LogP contribution >= 0.6 is 0 Å². The molecule has 0 aromatic heterocycles. The van der Waals surface area contributed by atoms with Crippen molar-refractivity contribution in [2.45, 2.75) is 6.92 Å². The monoisotopic (exact) mass is 222 g/mol. The molecule has 0 radical (unpaired) electrons. The van der Waals surface area contributed by atoms with Gasteiger partial charge in [0.25, 0.3) is 0 Å². The zero-order chi connectivity index (χ0) is 12.1. The van der Waals surface area contributed by atoms with Crippen LogP contribution in [0.4, 0.5) is 0 Å². The van der Waals surface area contributed by atoms with Crippen LogP contribution in [-0.2, 0) is 9.53 Å². The minimum Gasteiger partial charge on any atom is -0.507 e. The number of aliphatic carboxylic acids is 1. The maximum Gasteiger partial charge on any atom is 0.331 e. The summed E-state index contributed by atoms with van der Waals surface area (Å²) in [5.41, 5.74) is 1.14. The molecule has 16 heavy (non-hydrogen) atoms. The first-order valence-electron chi connectivity index (χ1n) is 4.78. The number of ether oxygens (including phenoxy) is 1. The van der Waals surface area contributed by atoms with Gasteiger partial charge in [-0.2, -0.15) is 0 Å². The molecule has 0 aliphatic carbocycles. The van der Waals surface area contributed by atoms with Crippen LogP contribution in [0.2, 0.25) is 0 Å². The Morgan fingerprint density at radius 1 is 1.38 bits per heavy atom. The Kier molecular flexibility index (Phi) is 4.08. The predicted octanol–water partition coefficient (Wildman–Crippen LogP) is 1.90. The molecule has 0 spiro atoms. The van der Waals surface area contributed by atoms with Crippen molar-refractivity contribution in [3.63, 3.8) is 0 Å². The quantitative estimate of drug-likeness (QED) is 0.763. The Hall–Kier alpha value is -1.81. The average molecular weight is 222 g/mol. The number of para-hydroxylation sites is 1. The van der Waals surface area contributed by atoms with Crippen molar-refractivity contribution in [2.24, 2.45) is 0 Å².